The van der Waals surface area contributed by atoms with Crippen LogP contribution in [0.15, 0.2) is 51.7 Å². The third-order valence-electron chi connectivity index (χ3n) is 5.18. The van der Waals surface area contributed by atoms with E-state index in [-0.39, 0.29) is 11.8 Å². The minimum atomic E-state index is -3.38. The Kier molecular flexibility index (Phi) is 6.22. The van der Waals surface area contributed by atoms with Crippen LogP contribution in [0.3, 0.4) is 0 Å². The Morgan fingerprint density at radius 3 is 2.55 bits per heavy atom. The molecule has 0 saturated heterocycles. The first kappa shape index (κ1) is 22.9. The van der Waals surface area contributed by atoms with Gasteiger partial charge in [0.2, 0.25) is 0 Å². The average molecular weight is 488 g/mol. The number of rotatable bonds is 7. The summed E-state index contributed by atoms with van der Waals surface area (Å²) in [5.74, 6) is -0.173. The van der Waals surface area contributed by atoms with Crippen molar-refractivity contribution in [2.75, 3.05) is 24.1 Å². The highest BCUT2D eigenvalue weighted by molar-refractivity contribution is 7.90. The van der Waals surface area contributed by atoms with E-state index in [2.05, 4.69) is 10.3 Å². The highest BCUT2D eigenvalue weighted by Crippen LogP contribution is 2.39. The molecule has 0 aliphatic carbocycles. The van der Waals surface area contributed by atoms with Crippen molar-refractivity contribution in [1.82, 2.24) is 10.3 Å². The van der Waals surface area contributed by atoms with Crippen LogP contribution in [0.4, 0.5) is 15.9 Å². The van der Waals surface area contributed by atoms with Gasteiger partial charge in [-0.15, -0.1) is 11.3 Å². The molecule has 4 aromatic rings. The maximum atomic E-state index is 13.5. The predicted molar refractivity (Wildman–Crippen MR) is 128 cm³/mol. The molecule has 2 heterocycles. The number of nitrogens with one attached hydrogen (secondary N) is 1. The molecule has 10 heteroatoms. The molecule has 172 valence electrons. The van der Waals surface area contributed by atoms with Crippen LogP contribution in [0.1, 0.15) is 22.8 Å². The number of nitrogens with zero attached hydrogens (tertiary/aromatic N) is 2. The maximum Gasteiger partial charge on any atom is 0.255 e. The molecule has 0 radical (unpaired) electrons. The van der Waals surface area contributed by atoms with E-state index in [1.165, 1.54) is 36.8 Å². The van der Waals surface area contributed by atoms with Crippen LogP contribution < -0.4 is 10.2 Å². The zero-order chi connectivity index (χ0) is 23.8. The van der Waals surface area contributed by atoms with Crippen LogP contribution in [0.2, 0.25) is 0 Å². The van der Waals surface area contributed by atoms with Crippen LogP contribution in [0.25, 0.3) is 22.3 Å². The number of thiazole rings is 1. The molecule has 2 aromatic heterocycles. The van der Waals surface area contributed by atoms with E-state index in [0.717, 1.165) is 5.56 Å². The number of carbonyl (C=O) groups is 1. The smallest absolute Gasteiger partial charge is 0.255 e. The number of benzene rings is 2. The SMILES string of the molecule is CCc1cc2c(C(=O)NC)c(-c3ccc(F)cc3)oc2cc1N(CS(C)(=O)=O)c1cscn1. The fourth-order valence-corrected chi connectivity index (χ4v) is 4.98. The van der Waals surface area contributed by atoms with Gasteiger partial charge in [0, 0.05) is 35.7 Å². The summed E-state index contributed by atoms with van der Waals surface area (Å²) in [6.45, 7) is 1.95. The van der Waals surface area contributed by atoms with Crippen LogP contribution in [-0.4, -0.2) is 38.5 Å². The molecule has 0 aliphatic heterocycles. The van der Waals surface area contributed by atoms with E-state index < -0.39 is 15.7 Å². The lowest BCUT2D eigenvalue weighted by Crippen LogP contribution is -2.26. The number of amides is 1. The van der Waals surface area contributed by atoms with Crippen LogP contribution in [-0.2, 0) is 16.3 Å². The van der Waals surface area contributed by atoms with E-state index in [4.69, 9.17) is 4.42 Å². The first-order valence-electron chi connectivity index (χ1n) is 10.1. The zero-order valence-electron chi connectivity index (χ0n) is 18.3. The van der Waals surface area contributed by atoms with E-state index in [1.807, 2.05) is 13.0 Å². The Hall–Kier alpha value is -3.24. The Morgan fingerprint density at radius 1 is 1.24 bits per heavy atom. The molecule has 4 rings (SSSR count). The largest absolute Gasteiger partial charge is 0.455 e. The number of carbonyl (C=O) groups excluding carboxylic acids is 1. The summed E-state index contributed by atoms with van der Waals surface area (Å²) in [5.41, 5.74) is 4.40. The van der Waals surface area contributed by atoms with Gasteiger partial charge in [-0.3, -0.25) is 4.79 Å². The first-order valence-corrected chi connectivity index (χ1v) is 13.1. The molecule has 1 amide bonds. The fourth-order valence-electron chi connectivity index (χ4n) is 3.70. The van der Waals surface area contributed by atoms with E-state index in [9.17, 15) is 17.6 Å². The Balaban J connectivity index is 1.98. The lowest BCUT2D eigenvalue weighted by Gasteiger charge is -2.24. The summed E-state index contributed by atoms with van der Waals surface area (Å²) in [6.07, 6.45) is 1.75. The second-order valence-electron chi connectivity index (χ2n) is 7.55. The molecule has 0 aliphatic rings. The van der Waals surface area contributed by atoms with Gasteiger partial charge in [-0.1, -0.05) is 6.92 Å². The number of aryl methyl sites for hydroxylation is 1. The van der Waals surface area contributed by atoms with Gasteiger partial charge in [0.15, 0.2) is 9.84 Å². The highest BCUT2D eigenvalue weighted by Gasteiger charge is 2.26. The summed E-state index contributed by atoms with van der Waals surface area (Å²) in [6, 6.07) is 9.27. The number of furan rings is 1. The molecule has 2 aromatic carbocycles. The normalized spacial score (nSPS) is 11.6. The summed E-state index contributed by atoms with van der Waals surface area (Å²) >= 11 is 1.36. The molecule has 1 N–H and O–H groups in total. The van der Waals surface area contributed by atoms with Crippen molar-refractivity contribution in [3.05, 3.63) is 64.2 Å². The molecule has 0 unspecified atom stereocenters. The van der Waals surface area contributed by atoms with Gasteiger partial charge in [0.25, 0.3) is 5.91 Å². The number of sulfone groups is 1. The quantitative estimate of drug-likeness (QED) is 0.404. The van der Waals surface area contributed by atoms with Crippen molar-refractivity contribution in [3.63, 3.8) is 0 Å². The molecule has 7 nitrogen and oxygen atoms in total. The molecular formula is C23H22FN3O4S2. The summed E-state index contributed by atoms with van der Waals surface area (Å²) in [7, 11) is -1.85. The van der Waals surface area contributed by atoms with Crippen molar-refractivity contribution >= 4 is 49.6 Å². The van der Waals surface area contributed by atoms with Gasteiger partial charge in [0.05, 0.1) is 16.8 Å². The number of fused-ring (bicyclic) bond motifs is 1. The fraction of sp³-hybridized carbons (Fsp3) is 0.217. The summed E-state index contributed by atoms with van der Waals surface area (Å²) in [4.78, 5) is 18.7. The topological polar surface area (TPSA) is 92.5 Å². The van der Waals surface area contributed by atoms with E-state index in [0.29, 0.717) is 45.8 Å². The molecule has 33 heavy (non-hydrogen) atoms. The Bertz CT molecular complexity index is 1410. The molecule has 0 fully saturated rings. The van der Waals surface area contributed by atoms with Crippen LogP contribution in [0.5, 0.6) is 0 Å². The summed E-state index contributed by atoms with van der Waals surface area (Å²) < 4.78 is 44.0. The highest BCUT2D eigenvalue weighted by atomic mass is 32.2. The molecule has 0 bridgehead atoms. The third-order valence-corrected chi connectivity index (χ3v) is 6.48. The summed E-state index contributed by atoms with van der Waals surface area (Å²) in [5, 5.41) is 5.00. The average Bonchev–Trinajstić information content (AvgIpc) is 3.44. The third kappa shape index (κ3) is 4.62. The molecule has 0 saturated carbocycles. The molecule has 0 atom stereocenters. The molecular weight excluding hydrogens is 465 g/mol. The number of anilines is 2. The lowest BCUT2D eigenvalue weighted by atomic mass is 10.0. The number of hydrogen-bond donors (Lipinski definition) is 1. The van der Waals surface area contributed by atoms with Crippen LogP contribution in [0, 0.1) is 5.82 Å². The van der Waals surface area contributed by atoms with Crippen molar-refractivity contribution in [2.24, 2.45) is 0 Å². The van der Waals surface area contributed by atoms with Gasteiger partial charge in [-0.25, -0.2) is 17.8 Å². The number of halogens is 1. The van der Waals surface area contributed by atoms with E-state index >= 15 is 0 Å². The number of aromatic nitrogens is 1. The van der Waals surface area contributed by atoms with Gasteiger partial charge in [-0.05, 0) is 42.3 Å². The second kappa shape index (κ2) is 8.95. The number of hydrogen-bond acceptors (Lipinski definition) is 7. The lowest BCUT2D eigenvalue weighted by molar-refractivity contribution is 0.0964. The van der Waals surface area contributed by atoms with Crippen molar-refractivity contribution < 1.29 is 22.0 Å². The minimum Gasteiger partial charge on any atom is -0.455 e. The monoisotopic (exact) mass is 487 g/mol. The van der Waals surface area contributed by atoms with Gasteiger partial charge in [-0.2, -0.15) is 0 Å². The van der Waals surface area contributed by atoms with Gasteiger partial charge in [0.1, 0.15) is 28.9 Å². The van der Waals surface area contributed by atoms with Crippen molar-refractivity contribution in [1.29, 1.82) is 0 Å². The van der Waals surface area contributed by atoms with Crippen molar-refractivity contribution in [3.8, 4) is 11.3 Å². The first-order chi connectivity index (χ1) is 15.7. The van der Waals surface area contributed by atoms with Gasteiger partial charge >= 0.3 is 0 Å². The second-order valence-corrected chi connectivity index (χ2v) is 10.4. The van der Waals surface area contributed by atoms with E-state index in [1.54, 1.807) is 34.0 Å². The Morgan fingerprint density at radius 2 is 1.97 bits per heavy atom. The van der Waals surface area contributed by atoms with Gasteiger partial charge < -0.3 is 14.6 Å². The minimum absolute atomic E-state index is 0.261. The maximum absolute atomic E-state index is 13.5. The molecule has 0 spiro atoms. The predicted octanol–water partition coefficient (Wildman–Crippen LogP) is 4.76. The standard InChI is InChI=1S/C23H22FN3O4S2/c1-4-14-9-17-19(10-18(14)27(13-33(3,29)30)20-11-32-12-26-20)31-22(21(17)23(28)25-2)15-5-7-16(24)8-6-15/h5-12H,4,13H2,1-3H3,(H,25,28). The van der Waals surface area contributed by atoms with Crippen molar-refractivity contribution in [2.45, 2.75) is 13.3 Å². The van der Waals surface area contributed by atoms with Crippen LogP contribution >= 0.6 is 11.3 Å². The zero-order valence-corrected chi connectivity index (χ0v) is 19.9. The Labute approximate surface area is 194 Å².